The van der Waals surface area contributed by atoms with E-state index in [1.807, 2.05) is 19.1 Å². The van der Waals surface area contributed by atoms with Crippen LogP contribution in [0.5, 0.6) is 5.75 Å². The maximum atomic E-state index is 11.6. The molecular formula is C15H14N2O3. The average Bonchev–Trinajstić information content (AvgIpc) is 2.42. The summed E-state index contributed by atoms with van der Waals surface area (Å²) in [4.78, 5) is 23.0. The van der Waals surface area contributed by atoms with Crippen LogP contribution >= 0.6 is 0 Å². The number of ether oxygens (including phenoxy) is 1. The van der Waals surface area contributed by atoms with E-state index in [2.05, 4.69) is 10.6 Å². The number of anilines is 1. The Morgan fingerprint density at radius 1 is 0.950 bits per heavy atom. The zero-order chi connectivity index (χ0) is 14.4. The second kappa shape index (κ2) is 6.38. The number of benzene rings is 2. The smallest absolute Gasteiger partial charge is 0.410 e. The molecule has 2 N–H and O–H groups in total. The van der Waals surface area contributed by atoms with E-state index in [1.54, 1.807) is 42.5 Å². The molecule has 0 aliphatic rings. The summed E-state index contributed by atoms with van der Waals surface area (Å²) in [5.41, 5.74) is 1.68. The minimum absolute atomic E-state index is 0.369. The lowest BCUT2D eigenvalue weighted by Gasteiger charge is -2.07. The van der Waals surface area contributed by atoms with Gasteiger partial charge in [-0.1, -0.05) is 35.9 Å². The Morgan fingerprint density at radius 3 is 2.25 bits per heavy atom. The standard InChI is InChI=1S/C15H14N2O3/c1-11-7-9-12(10-8-11)16-14(18)17-15(19)20-13-5-3-2-4-6-13/h2-10H,1H3,(H2,16,17,18,19). The van der Waals surface area contributed by atoms with E-state index in [9.17, 15) is 9.59 Å². The Labute approximate surface area is 116 Å². The molecule has 0 atom stereocenters. The third-order valence-electron chi connectivity index (χ3n) is 2.48. The molecule has 3 amide bonds. The summed E-state index contributed by atoms with van der Waals surface area (Å²) in [6, 6.07) is 15.1. The molecule has 0 unspecified atom stereocenters. The van der Waals surface area contributed by atoms with E-state index in [0.717, 1.165) is 5.56 Å². The van der Waals surface area contributed by atoms with Crippen LogP contribution in [0, 0.1) is 6.92 Å². The van der Waals surface area contributed by atoms with Gasteiger partial charge in [-0.2, -0.15) is 0 Å². The maximum absolute atomic E-state index is 11.6. The summed E-state index contributed by atoms with van der Waals surface area (Å²) < 4.78 is 4.93. The van der Waals surface area contributed by atoms with Gasteiger partial charge in [0.05, 0.1) is 0 Å². The number of nitrogens with one attached hydrogen (secondary N) is 2. The molecule has 0 bridgehead atoms. The van der Waals surface area contributed by atoms with E-state index < -0.39 is 12.1 Å². The lowest BCUT2D eigenvalue weighted by atomic mass is 10.2. The molecule has 0 fully saturated rings. The molecule has 102 valence electrons. The minimum Gasteiger partial charge on any atom is -0.410 e. The topological polar surface area (TPSA) is 67.4 Å². The number of hydrogen-bond acceptors (Lipinski definition) is 3. The van der Waals surface area contributed by atoms with Crippen LogP contribution < -0.4 is 15.4 Å². The molecule has 20 heavy (non-hydrogen) atoms. The number of aryl methyl sites for hydroxylation is 1. The predicted molar refractivity (Wildman–Crippen MR) is 75.8 cm³/mol. The van der Waals surface area contributed by atoms with Gasteiger partial charge in [0.2, 0.25) is 0 Å². The van der Waals surface area contributed by atoms with Crippen molar-refractivity contribution in [2.24, 2.45) is 0 Å². The molecule has 0 aliphatic heterocycles. The Hall–Kier alpha value is -2.82. The van der Waals surface area contributed by atoms with Gasteiger partial charge < -0.3 is 10.1 Å². The number of carbonyl (C=O) groups is 2. The summed E-state index contributed by atoms with van der Waals surface area (Å²) in [5.74, 6) is 0.369. The maximum Gasteiger partial charge on any atom is 0.420 e. The fourth-order valence-electron chi connectivity index (χ4n) is 1.51. The SMILES string of the molecule is Cc1ccc(NC(=O)NC(=O)Oc2ccccc2)cc1. The molecule has 0 saturated carbocycles. The molecule has 5 nitrogen and oxygen atoms in total. The summed E-state index contributed by atoms with van der Waals surface area (Å²) in [7, 11) is 0. The molecule has 5 heteroatoms. The quantitative estimate of drug-likeness (QED) is 0.879. The van der Waals surface area contributed by atoms with E-state index in [0.29, 0.717) is 11.4 Å². The molecule has 0 saturated heterocycles. The number of hydrogen-bond donors (Lipinski definition) is 2. The van der Waals surface area contributed by atoms with E-state index in [4.69, 9.17) is 4.74 Å². The summed E-state index contributed by atoms with van der Waals surface area (Å²) >= 11 is 0. The molecule has 2 aromatic carbocycles. The van der Waals surface area contributed by atoms with Gasteiger partial charge in [0.15, 0.2) is 0 Å². The van der Waals surface area contributed by atoms with Gasteiger partial charge in [0.1, 0.15) is 5.75 Å². The fourth-order valence-corrected chi connectivity index (χ4v) is 1.51. The van der Waals surface area contributed by atoms with Crippen molar-refractivity contribution in [3.8, 4) is 5.75 Å². The Morgan fingerprint density at radius 2 is 1.60 bits per heavy atom. The van der Waals surface area contributed by atoms with Gasteiger partial charge in [-0.3, -0.25) is 0 Å². The first kappa shape index (κ1) is 13.6. The van der Waals surface area contributed by atoms with E-state index >= 15 is 0 Å². The first-order valence-electron chi connectivity index (χ1n) is 6.05. The van der Waals surface area contributed by atoms with Gasteiger partial charge in [0, 0.05) is 5.69 Å². The third kappa shape index (κ3) is 4.13. The van der Waals surface area contributed by atoms with Crippen molar-refractivity contribution in [3.63, 3.8) is 0 Å². The monoisotopic (exact) mass is 270 g/mol. The number of rotatable bonds is 2. The zero-order valence-corrected chi connectivity index (χ0v) is 10.9. The number of urea groups is 1. The van der Waals surface area contributed by atoms with Crippen LogP contribution in [-0.4, -0.2) is 12.1 Å². The number of amides is 3. The normalized spacial score (nSPS) is 9.65. The van der Waals surface area contributed by atoms with Crippen molar-refractivity contribution in [1.29, 1.82) is 0 Å². The van der Waals surface area contributed by atoms with Crippen LogP contribution in [0.4, 0.5) is 15.3 Å². The van der Waals surface area contributed by atoms with Crippen LogP contribution in [0.25, 0.3) is 0 Å². The molecule has 0 aliphatic carbocycles. The van der Waals surface area contributed by atoms with Crippen molar-refractivity contribution < 1.29 is 14.3 Å². The average molecular weight is 270 g/mol. The van der Waals surface area contributed by atoms with E-state index in [1.165, 1.54) is 0 Å². The van der Waals surface area contributed by atoms with Crippen molar-refractivity contribution in [2.75, 3.05) is 5.32 Å². The molecule has 2 aromatic rings. The van der Waals surface area contributed by atoms with Crippen LogP contribution in [0.15, 0.2) is 54.6 Å². The van der Waals surface area contributed by atoms with Crippen LogP contribution in [0.3, 0.4) is 0 Å². The molecule has 2 rings (SSSR count). The minimum atomic E-state index is -0.833. The summed E-state index contributed by atoms with van der Waals surface area (Å²) in [6.45, 7) is 1.95. The number of carbonyl (C=O) groups excluding carboxylic acids is 2. The molecular weight excluding hydrogens is 256 g/mol. The van der Waals surface area contributed by atoms with Gasteiger partial charge >= 0.3 is 12.1 Å². The third-order valence-corrected chi connectivity index (χ3v) is 2.48. The van der Waals surface area contributed by atoms with E-state index in [-0.39, 0.29) is 0 Å². The van der Waals surface area contributed by atoms with Crippen molar-refractivity contribution in [2.45, 2.75) is 6.92 Å². The van der Waals surface area contributed by atoms with Crippen LogP contribution in [0.2, 0.25) is 0 Å². The Bertz CT molecular complexity index is 594. The van der Waals surface area contributed by atoms with Crippen LogP contribution in [-0.2, 0) is 0 Å². The second-order valence-electron chi connectivity index (χ2n) is 4.15. The molecule has 0 aromatic heterocycles. The van der Waals surface area contributed by atoms with Gasteiger partial charge in [-0.05, 0) is 31.2 Å². The summed E-state index contributed by atoms with van der Waals surface area (Å²) in [5, 5.41) is 4.62. The highest BCUT2D eigenvalue weighted by Gasteiger charge is 2.09. The number of para-hydroxylation sites is 1. The van der Waals surface area contributed by atoms with Gasteiger partial charge in [-0.25, -0.2) is 14.9 Å². The molecule has 0 radical (unpaired) electrons. The van der Waals surface area contributed by atoms with Gasteiger partial charge in [0.25, 0.3) is 0 Å². The molecule has 0 spiro atoms. The van der Waals surface area contributed by atoms with Crippen molar-refractivity contribution in [1.82, 2.24) is 5.32 Å². The zero-order valence-electron chi connectivity index (χ0n) is 10.9. The highest BCUT2D eigenvalue weighted by Crippen LogP contribution is 2.09. The Kier molecular flexibility index (Phi) is 4.34. The largest absolute Gasteiger partial charge is 0.420 e. The predicted octanol–water partition coefficient (Wildman–Crippen LogP) is 3.32. The number of imide groups is 1. The fraction of sp³-hybridized carbons (Fsp3) is 0.0667. The van der Waals surface area contributed by atoms with Crippen molar-refractivity contribution in [3.05, 3.63) is 60.2 Å². The summed E-state index contributed by atoms with van der Waals surface area (Å²) in [6.07, 6.45) is -0.833. The first-order valence-corrected chi connectivity index (χ1v) is 6.05. The Balaban J connectivity index is 1.85. The van der Waals surface area contributed by atoms with Crippen LogP contribution in [0.1, 0.15) is 5.56 Å². The highest BCUT2D eigenvalue weighted by molar-refractivity contribution is 5.99. The molecule has 0 heterocycles. The highest BCUT2D eigenvalue weighted by atomic mass is 16.6. The van der Waals surface area contributed by atoms with Crippen molar-refractivity contribution >= 4 is 17.8 Å². The van der Waals surface area contributed by atoms with Gasteiger partial charge in [-0.15, -0.1) is 0 Å². The second-order valence-corrected chi connectivity index (χ2v) is 4.15. The lowest BCUT2D eigenvalue weighted by Crippen LogP contribution is -2.36. The first-order chi connectivity index (χ1) is 9.63. The lowest BCUT2D eigenvalue weighted by molar-refractivity contribution is 0.199.